The average Bonchev–Trinajstić information content (AvgIpc) is 3.10. The lowest BCUT2D eigenvalue weighted by Gasteiger charge is -2.36. The lowest BCUT2D eigenvalue weighted by atomic mass is 9.70. The van der Waals surface area contributed by atoms with E-state index < -0.39 is 32.6 Å². The maximum absolute atomic E-state index is 13.1. The first kappa shape index (κ1) is 23.5. The molecule has 2 atom stereocenters. The first-order chi connectivity index (χ1) is 15.5. The molecular weight excluding hydrogens is 446 g/mol. The highest BCUT2D eigenvalue weighted by Gasteiger charge is 2.65. The SMILES string of the molecule is COc1cc2c(OC)cccc2cc1C(=O)N(C)OS(=O)(=O)CC12CCC(CC1=O)C2(C)C. The number of Topliss-reactive ketones (excluding diaryl/α,β-unsaturated/α-hetero) is 1. The van der Waals surface area contributed by atoms with E-state index in [2.05, 4.69) is 0 Å². The molecule has 4 rings (SSSR count). The number of methoxy groups -OCH3 is 2. The predicted molar refractivity (Wildman–Crippen MR) is 123 cm³/mol. The smallest absolute Gasteiger partial charge is 0.289 e. The van der Waals surface area contributed by atoms with Crippen LogP contribution in [-0.4, -0.2) is 52.2 Å². The molecule has 1 amide bonds. The van der Waals surface area contributed by atoms with Crippen LogP contribution in [-0.2, 0) is 19.2 Å². The Kier molecular flexibility index (Phi) is 5.69. The van der Waals surface area contributed by atoms with E-state index in [0.29, 0.717) is 23.7 Å². The summed E-state index contributed by atoms with van der Waals surface area (Å²) < 4.78 is 41.9. The maximum atomic E-state index is 13.1. The van der Waals surface area contributed by atoms with Crippen LogP contribution in [0.25, 0.3) is 10.8 Å². The molecule has 2 aliphatic rings. The van der Waals surface area contributed by atoms with Crippen LogP contribution in [0, 0.1) is 16.7 Å². The molecule has 9 heteroatoms. The van der Waals surface area contributed by atoms with Crippen molar-refractivity contribution in [2.75, 3.05) is 27.0 Å². The number of hydroxylamine groups is 2. The average molecular weight is 476 g/mol. The molecule has 0 aromatic heterocycles. The van der Waals surface area contributed by atoms with E-state index in [9.17, 15) is 18.0 Å². The van der Waals surface area contributed by atoms with Crippen LogP contribution in [0.5, 0.6) is 11.5 Å². The normalized spacial score (nSPS) is 23.7. The van der Waals surface area contributed by atoms with Crippen molar-refractivity contribution >= 4 is 32.6 Å². The number of ketones is 1. The molecule has 2 saturated carbocycles. The summed E-state index contributed by atoms with van der Waals surface area (Å²) in [5.41, 5.74) is -1.26. The minimum absolute atomic E-state index is 0.0324. The molecule has 2 aromatic carbocycles. The molecule has 2 aliphatic carbocycles. The third-order valence-corrected chi connectivity index (χ3v) is 8.98. The lowest BCUT2D eigenvalue weighted by molar-refractivity contribution is -0.128. The third-order valence-electron chi connectivity index (χ3n) is 7.68. The second-order valence-electron chi connectivity index (χ2n) is 9.48. The van der Waals surface area contributed by atoms with Crippen molar-refractivity contribution in [3.63, 3.8) is 0 Å². The summed E-state index contributed by atoms with van der Waals surface area (Å²) in [6.07, 6.45) is 1.74. The molecule has 2 aromatic rings. The second-order valence-corrected chi connectivity index (χ2v) is 11.0. The van der Waals surface area contributed by atoms with Gasteiger partial charge in [0.05, 0.1) is 31.0 Å². The number of carbonyl (C=O) groups excluding carboxylic acids is 2. The molecule has 0 heterocycles. The number of ether oxygens (including phenoxy) is 2. The summed E-state index contributed by atoms with van der Waals surface area (Å²) >= 11 is 0. The Labute approximate surface area is 193 Å². The monoisotopic (exact) mass is 475 g/mol. The minimum Gasteiger partial charge on any atom is -0.496 e. The van der Waals surface area contributed by atoms with Crippen molar-refractivity contribution in [2.24, 2.45) is 16.7 Å². The van der Waals surface area contributed by atoms with Gasteiger partial charge in [0, 0.05) is 18.9 Å². The van der Waals surface area contributed by atoms with E-state index in [1.807, 2.05) is 19.9 Å². The van der Waals surface area contributed by atoms with Gasteiger partial charge in [-0.25, -0.2) is 5.06 Å². The first-order valence-electron chi connectivity index (χ1n) is 10.8. The molecular formula is C24H29NO7S. The zero-order chi connectivity index (χ0) is 24.2. The van der Waals surface area contributed by atoms with Crippen molar-refractivity contribution in [1.82, 2.24) is 5.06 Å². The number of amides is 1. The van der Waals surface area contributed by atoms with Gasteiger partial charge in [0.2, 0.25) is 0 Å². The molecule has 0 aliphatic heterocycles. The van der Waals surface area contributed by atoms with Crippen molar-refractivity contribution in [3.05, 3.63) is 35.9 Å². The number of carbonyl (C=O) groups is 2. The third kappa shape index (κ3) is 3.67. The Balaban J connectivity index is 1.60. The Morgan fingerprint density at radius 1 is 1.15 bits per heavy atom. The van der Waals surface area contributed by atoms with E-state index in [0.717, 1.165) is 17.2 Å². The second kappa shape index (κ2) is 7.99. The van der Waals surface area contributed by atoms with Crippen LogP contribution in [0.3, 0.4) is 0 Å². The van der Waals surface area contributed by atoms with Crippen LogP contribution < -0.4 is 9.47 Å². The summed E-state index contributed by atoms with van der Waals surface area (Å²) in [5, 5.41) is 2.17. The number of hydrogen-bond acceptors (Lipinski definition) is 7. The molecule has 0 saturated heterocycles. The first-order valence-corrected chi connectivity index (χ1v) is 12.4. The molecule has 8 nitrogen and oxygen atoms in total. The van der Waals surface area contributed by atoms with Crippen molar-refractivity contribution in [3.8, 4) is 11.5 Å². The minimum atomic E-state index is -4.21. The van der Waals surface area contributed by atoms with Gasteiger partial charge < -0.3 is 9.47 Å². The van der Waals surface area contributed by atoms with Gasteiger partial charge in [-0.2, -0.15) is 8.42 Å². The zero-order valence-electron chi connectivity index (χ0n) is 19.5. The van der Waals surface area contributed by atoms with Gasteiger partial charge in [-0.15, -0.1) is 4.28 Å². The lowest BCUT2D eigenvalue weighted by Crippen LogP contribution is -2.44. The van der Waals surface area contributed by atoms with Gasteiger partial charge in [-0.3, -0.25) is 9.59 Å². The van der Waals surface area contributed by atoms with Crippen LogP contribution in [0.2, 0.25) is 0 Å². The predicted octanol–water partition coefficient (Wildman–Crippen LogP) is 3.59. The summed E-state index contributed by atoms with van der Waals surface area (Å²) in [4.78, 5) is 25.9. The van der Waals surface area contributed by atoms with Gasteiger partial charge in [0.25, 0.3) is 16.0 Å². The molecule has 33 heavy (non-hydrogen) atoms. The summed E-state index contributed by atoms with van der Waals surface area (Å²) in [6.45, 7) is 3.91. The number of benzene rings is 2. The van der Waals surface area contributed by atoms with E-state index in [4.69, 9.17) is 13.8 Å². The molecule has 2 unspecified atom stereocenters. The highest BCUT2D eigenvalue weighted by molar-refractivity contribution is 7.86. The van der Waals surface area contributed by atoms with E-state index in [1.165, 1.54) is 14.2 Å². The van der Waals surface area contributed by atoms with Crippen LogP contribution in [0.1, 0.15) is 43.5 Å². The molecule has 0 N–H and O–H groups in total. The van der Waals surface area contributed by atoms with Gasteiger partial charge in [0.1, 0.15) is 17.3 Å². The Morgan fingerprint density at radius 2 is 1.85 bits per heavy atom. The summed E-state index contributed by atoms with van der Waals surface area (Å²) in [5.74, 6) is -0.0945. The van der Waals surface area contributed by atoms with Gasteiger partial charge in [-0.05, 0) is 47.8 Å². The Bertz CT molecular complexity index is 1240. The topological polar surface area (TPSA) is 99.2 Å². The highest BCUT2D eigenvalue weighted by atomic mass is 32.2. The van der Waals surface area contributed by atoms with E-state index >= 15 is 0 Å². The Hall–Kier alpha value is -2.65. The van der Waals surface area contributed by atoms with Crippen LogP contribution >= 0.6 is 0 Å². The maximum Gasteiger partial charge on any atom is 0.289 e. The van der Waals surface area contributed by atoms with Gasteiger partial charge in [0.15, 0.2) is 0 Å². The van der Waals surface area contributed by atoms with Crippen molar-refractivity contribution < 1.29 is 31.8 Å². The van der Waals surface area contributed by atoms with Crippen LogP contribution in [0.15, 0.2) is 30.3 Å². The molecule has 0 radical (unpaired) electrons. The fourth-order valence-electron chi connectivity index (χ4n) is 5.60. The summed E-state index contributed by atoms with van der Waals surface area (Å²) in [7, 11) is 0.00335. The number of rotatable bonds is 7. The fraction of sp³-hybridized carbons (Fsp3) is 0.500. The number of fused-ring (bicyclic) bond motifs is 3. The summed E-state index contributed by atoms with van der Waals surface area (Å²) in [6, 6.07) is 8.68. The van der Waals surface area contributed by atoms with E-state index in [1.54, 1.807) is 31.4 Å². The number of hydrogen-bond donors (Lipinski definition) is 0. The quantitative estimate of drug-likeness (QED) is 0.564. The molecule has 2 bridgehead atoms. The standard InChI is InChI=1S/C24H29NO7S/c1-23(2)16-9-10-24(23,21(26)12-16)14-33(28,29)32-25(3)22(27)18-11-15-7-6-8-19(30-4)17(15)13-20(18)31-5/h6-8,11,13,16H,9-10,12,14H2,1-5H3. The number of nitrogens with zero attached hydrogens (tertiary/aromatic N) is 1. The van der Waals surface area contributed by atoms with E-state index in [-0.39, 0.29) is 23.0 Å². The van der Waals surface area contributed by atoms with Gasteiger partial charge in [-0.1, -0.05) is 26.0 Å². The van der Waals surface area contributed by atoms with Gasteiger partial charge >= 0.3 is 0 Å². The highest BCUT2D eigenvalue weighted by Crippen LogP contribution is 2.64. The largest absolute Gasteiger partial charge is 0.496 e. The molecule has 178 valence electrons. The zero-order valence-corrected chi connectivity index (χ0v) is 20.3. The van der Waals surface area contributed by atoms with Crippen molar-refractivity contribution in [1.29, 1.82) is 0 Å². The van der Waals surface area contributed by atoms with Crippen LogP contribution in [0.4, 0.5) is 0 Å². The molecule has 0 spiro atoms. The Morgan fingerprint density at radius 3 is 2.42 bits per heavy atom. The fourth-order valence-corrected chi connectivity index (χ4v) is 7.34. The van der Waals surface area contributed by atoms with Crippen molar-refractivity contribution in [2.45, 2.75) is 33.1 Å². The molecule has 2 fully saturated rings.